The number of amides is 1. The monoisotopic (exact) mass is 297 g/mol. The van der Waals surface area contributed by atoms with Gasteiger partial charge < -0.3 is 14.5 Å². The Bertz CT molecular complexity index is 445. The van der Waals surface area contributed by atoms with Gasteiger partial charge in [-0.15, -0.1) is 5.10 Å². The molecule has 0 saturated carbocycles. The zero-order valence-corrected chi connectivity index (χ0v) is 12.6. The summed E-state index contributed by atoms with van der Waals surface area (Å²) >= 11 is 0. The van der Waals surface area contributed by atoms with Gasteiger partial charge in [-0.05, 0) is 19.4 Å². The van der Waals surface area contributed by atoms with E-state index in [0.29, 0.717) is 25.1 Å². The van der Waals surface area contributed by atoms with E-state index in [2.05, 4.69) is 25.7 Å². The van der Waals surface area contributed by atoms with E-state index in [1.165, 1.54) is 6.42 Å². The van der Waals surface area contributed by atoms with Gasteiger partial charge in [0, 0.05) is 33.2 Å². The van der Waals surface area contributed by atoms with Crippen LogP contribution in [0.3, 0.4) is 0 Å². The van der Waals surface area contributed by atoms with Crippen molar-refractivity contribution in [2.24, 2.45) is 0 Å². The maximum Gasteiger partial charge on any atom is 0.322 e. The van der Waals surface area contributed by atoms with E-state index in [1.807, 2.05) is 0 Å². The van der Waals surface area contributed by atoms with Crippen LogP contribution in [-0.4, -0.2) is 66.9 Å². The number of carbonyl (C=O) groups excluding carboxylic acids is 1. The molecule has 2 heterocycles. The summed E-state index contributed by atoms with van der Waals surface area (Å²) in [5.74, 6) is 0.268. The Kier molecular flexibility index (Phi) is 6.09. The van der Waals surface area contributed by atoms with Crippen LogP contribution in [-0.2, 0) is 9.53 Å². The summed E-state index contributed by atoms with van der Waals surface area (Å²) in [6.07, 6.45) is 2.34. The number of carbonyl (C=O) groups is 1. The van der Waals surface area contributed by atoms with E-state index in [1.54, 1.807) is 14.0 Å². The topological polar surface area (TPSA) is 92.5 Å². The van der Waals surface area contributed by atoms with Crippen molar-refractivity contribution >= 4 is 11.9 Å². The minimum Gasteiger partial charge on any atom is -0.408 e. The highest BCUT2D eigenvalue weighted by molar-refractivity contribution is 5.90. The number of hydrogen-bond acceptors (Lipinski definition) is 7. The smallest absolute Gasteiger partial charge is 0.322 e. The fourth-order valence-electron chi connectivity index (χ4n) is 2.39. The molecule has 1 aliphatic rings. The second-order valence-electron chi connectivity index (χ2n) is 5.20. The van der Waals surface area contributed by atoms with E-state index < -0.39 is 0 Å². The van der Waals surface area contributed by atoms with Gasteiger partial charge in [-0.25, -0.2) is 0 Å². The van der Waals surface area contributed by atoms with Crippen LogP contribution in [0.2, 0.25) is 0 Å². The second-order valence-corrected chi connectivity index (χ2v) is 5.20. The number of methoxy groups -OCH3 is 1. The van der Waals surface area contributed by atoms with Crippen molar-refractivity contribution in [3.63, 3.8) is 0 Å². The van der Waals surface area contributed by atoms with Crippen molar-refractivity contribution in [3.05, 3.63) is 5.89 Å². The molecule has 21 heavy (non-hydrogen) atoms. The average molecular weight is 297 g/mol. The highest BCUT2D eigenvalue weighted by Gasteiger charge is 2.20. The third kappa shape index (κ3) is 5.41. The molecular weight excluding hydrogens is 274 g/mol. The van der Waals surface area contributed by atoms with Crippen LogP contribution in [0.15, 0.2) is 4.42 Å². The fraction of sp³-hybridized carbons (Fsp3) is 0.769. The lowest BCUT2D eigenvalue weighted by Crippen LogP contribution is -2.43. The Morgan fingerprint density at radius 1 is 1.57 bits per heavy atom. The van der Waals surface area contributed by atoms with Crippen LogP contribution in [0.4, 0.5) is 6.01 Å². The lowest BCUT2D eigenvalue weighted by molar-refractivity contribution is -0.117. The van der Waals surface area contributed by atoms with Crippen molar-refractivity contribution in [1.82, 2.24) is 20.4 Å². The van der Waals surface area contributed by atoms with E-state index in [-0.39, 0.29) is 18.5 Å². The summed E-state index contributed by atoms with van der Waals surface area (Å²) in [7, 11) is 1.66. The number of aromatic nitrogens is 2. The summed E-state index contributed by atoms with van der Waals surface area (Å²) in [6.45, 7) is 5.16. The van der Waals surface area contributed by atoms with Gasteiger partial charge in [0.2, 0.25) is 11.8 Å². The SMILES string of the molecule is COCCN(CC(=O)Nc1nnc(C)o1)CC1CCCN1. The van der Waals surface area contributed by atoms with E-state index in [9.17, 15) is 4.79 Å². The lowest BCUT2D eigenvalue weighted by atomic mass is 10.2. The minimum atomic E-state index is -0.159. The van der Waals surface area contributed by atoms with Crippen molar-refractivity contribution in [2.45, 2.75) is 25.8 Å². The third-order valence-electron chi connectivity index (χ3n) is 3.39. The van der Waals surface area contributed by atoms with Crippen molar-refractivity contribution in [3.8, 4) is 0 Å². The summed E-state index contributed by atoms with van der Waals surface area (Å²) in [5, 5.41) is 13.5. The molecule has 1 unspecified atom stereocenters. The van der Waals surface area contributed by atoms with Gasteiger partial charge in [-0.1, -0.05) is 5.10 Å². The Hall–Kier alpha value is -1.51. The van der Waals surface area contributed by atoms with Gasteiger partial charge in [0.25, 0.3) is 0 Å². The first-order valence-corrected chi connectivity index (χ1v) is 7.22. The van der Waals surface area contributed by atoms with Crippen LogP contribution >= 0.6 is 0 Å². The molecule has 0 spiro atoms. The molecule has 1 fully saturated rings. The summed E-state index contributed by atoms with van der Waals surface area (Å²) in [6, 6.07) is 0.587. The number of rotatable bonds is 8. The Balaban J connectivity index is 1.82. The van der Waals surface area contributed by atoms with Gasteiger partial charge in [0.15, 0.2) is 0 Å². The predicted molar refractivity (Wildman–Crippen MR) is 77.0 cm³/mol. The van der Waals surface area contributed by atoms with Crippen molar-refractivity contribution < 1.29 is 13.9 Å². The first-order valence-electron chi connectivity index (χ1n) is 7.22. The van der Waals surface area contributed by atoms with Crippen LogP contribution in [0.25, 0.3) is 0 Å². The molecule has 8 heteroatoms. The number of nitrogens with zero attached hydrogens (tertiary/aromatic N) is 3. The molecule has 1 atom stereocenters. The number of ether oxygens (including phenoxy) is 1. The fourth-order valence-corrected chi connectivity index (χ4v) is 2.39. The van der Waals surface area contributed by atoms with Gasteiger partial charge >= 0.3 is 6.01 Å². The Labute approximate surface area is 124 Å². The zero-order valence-electron chi connectivity index (χ0n) is 12.6. The van der Waals surface area contributed by atoms with Crippen molar-refractivity contribution in [1.29, 1.82) is 0 Å². The van der Waals surface area contributed by atoms with Gasteiger partial charge in [-0.3, -0.25) is 15.0 Å². The third-order valence-corrected chi connectivity index (χ3v) is 3.39. The maximum atomic E-state index is 12.0. The molecular formula is C13H23N5O3. The highest BCUT2D eigenvalue weighted by Crippen LogP contribution is 2.08. The van der Waals surface area contributed by atoms with Crippen LogP contribution in [0.5, 0.6) is 0 Å². The number of aryl methyl sites for hydroxylation is 1. The summed E-state index contributed by atoms with van der Waals surface area (Å²) in [5.41, 5.74) is 0. The molecule has 1 saturated heterocycles. The molecule has 2 N–H and O–H groups in total. The standard InChI is InChI=1S/C13H23N5O3/c1-10-16-17-13(21-10)15-12(19)9-18(6-7-20-2)8-11-4-3-5-14-11/h11,14H,3-9H2,1-2H3,(H,15,17,19). The number of anilines is 1. The first-order chi connectivity index (χ1) is 10.2. The van der Waals surface area contributed by atoms with Crippen LogP contribution in [0, 0.1) is 6.92 Å². The van der Waals surface area contributed by atoms with E-state index in [0.717, 1.165) is 19.5 Å². The second kappa shape index (κ2) is 8.06. The van der Waals surface area contributed by atoms with Crippen LogP contribution in [0.1, 0.15) is 18.7 Å². The molecule has 1 aliphatic heterocycles. The summed E-state index contributed by atoms with van der Waals surface area (Å²) in [4.78, 5) is 14.1. The highest BCUT2D eigenvalue weighted by atomic mass is 16.5. The number of hydrogen-bond donors (Lipinski definition) is 2. The average Bonchev–Trinajstić information content (AvgIpc) is 3.08. The molecule has 1 aromatic rings. The van der Waals surface area contributed by atoms with Crippen molar-refractivity contribution in [2.75, 3.05) is 45.2 Å². The van der Waals surface area contributed by atoms with E-state index in [4.69, 9.17) is 9.15 Å². The molecule has 0 aliphatic carbocycles. The molecule has 2 rings (SSSR count). The Morgan fingerprint density at radius 2 is 2.43 bits per heavy atom. The van der Waals surface area contributed by atoms with E-state index >= 15 is 0 Å². The maximum absolute atomic E-state index is 12.0. The largest absolute Gasteiger partial charge is 0.408 e. The van der Waals surface area contributed by atoms with Gasteiger partial charge in [0.1, 0.15) is 0 Å². The lowest BCUT2D eigenvalue weighted by Gasteiger charge is -2.24. The first kappa shape index (κ1) is 15.9. The zero-order chi connectivity index (χ0) is 15.1. The molecule has 8 nitrogen and oxygen atoms in total. The minimum absolute atomic E-state index is 0.142. The summed E-state index contributed by atoms with van der Waals surface area (Å²) < 4.78 is 10.2. The molecule has 0 bridgehead atoms. The Morgan fingerprint density at radius 3 is 3.05 bits per heavy atom. The van der Waals surface area contributed by atoms with Crippen LogP contribution < -0.4 is 10.6 Å². The predicted octanol–water partition coefficient (Wildman–Crippen LogP) is 0.0169. The molecule has 118 valence electrons. The molecule has 1 amide bonds. The normalized spacial score (nSPS) is 18.3. The molecule has 1 aromatic heterocycles. The molecule has 0 aromatic carbocycles. The molecule has 0 radical (unpaired) electrons. The number of nitrogens with one attached hydrogen (secondary N) is 2. The van der Waals surface area contributed by atoms with Gasteiger partial charge in [-0.2, -0.15) is 0 Å². The van der Waals surface area contributed by atoms with Gasteiger partial charge in [0.05, 0.1) is 13.2 Å². The quantitative estimate of drug-likeness (QED) is 0.698.